The third kappa shape index (κ3) is 3.96. The number of amides is 2. The van der Waals surface area contributed by atoms with E-state index in [4.69, 9.17) is 0 Å². The molecule has 4 heteroatoms. The van der Waals surface area contributed by atoms with E-state index in [1.807, 2.05) is 30.3 Å². The van der Waals surface area contributed by atoms with Crippen molar-refractivity contribution < 1.29 is 9.59 Å². The van der Waals surface area contributed by atoms with Gasteiger partial charge in [-0.05, 0) is 22.6 Å². The van der Waals surface area contributed by atoms with Crippen molar-refractivity contribution in [2.75, 3.05) is 13.6 Å². The van der Waals surface area contributed by atoms with Gasteiger partial charge in [-0.2, -0.15) is 0 Å². The van der Waals surface area contributed by atoms with Gasteiger partial charge in [-0.1, -0.05) is 68.4 Å². The minimum atomic E-state index is -0.451. The highest BCUT2D eigenvalue weighted by Gasteiger charge is 2.37. The monoisotopic (exact) mass is 350 g/mol. The van der Waals surface area contributed by atoms with Gasteiger partial charge in [-0.15, -0.1) is 0 Å². The summed E-state index contributed by atoms with van der Waals surface area (Å²) in [4.78, 5) is 28.7. The lowest BCUT2D eigenvalue weighted by Crippen LogP contribution is -2.59. The van der Waals surface area contributed by atoms with Crippen molar-refractivity contribution in [3.63, 3.8) is 0 Å². The Bertz CT molecular complexity index is 768. The Kier molecular flexibility index (Phi) is 5.40. The highest BCUT2D eigenvalue weighted by atomic mass is 16.2. The molecule has 0 bridgehead atoms. The van der Waals surface area contributed by atoms with E-state index in [1.54, 1.807) is 11.9 Å². The number of carbonyl (C=O) groups excluding carboxylic acids is 2. The van der Waals surface area contributed by atoms with Crippen LogP contribution < -0.4 is 0 Å². The van der Waals surface area contributed by atoms with E-state index in [-0.39, 0.29) is 18.4 Å². The summed E-state index contributed by atoms with van der Waals surface area (Å²) in [7, 11) is 1.70. The Morgan fingerprint density at radius 1 is 0.962 bits per heavy atom. The van der Waals surface area contributed by atoms with Crippen molar-refractivity contribution in [1.29, 1.82) is 0 Å². The molecule has 1 aliphatic heterocycles. The maximum atomic E-state index is 12.8. The van der Waals surface area contributed by atoms with Gasteiger partial charge in [0.05, 0.1) is 6.54 Å². The number of rotatable bonds is 5. The van der Waals surface area contributed by atoms with Crippen molar-refractivity contribution in [3.8, 4) is 0 Å². The first-order chi connectivity index (χ1) is 12.5. The summed E-state index contributed by atoms with van der Waals surface area (Å²) in [5.74, 6) is 0.481. The van der Waals surface area contributed by atoms with E-state index < -0.39 is 6.04 Å². The molecule has 2 amide bonds. The largest absolute Gasteiger partial charge is 0.335 e. The normalized spacial score (nSPS) is 17.9. The molecule has 1 heterocycles. The van der Waals surface area contributed by atoms with E-state index >= 15 is 0 Å². The minimum absolute atomic E-state index is 0.000896. The van der Waals surface area contributed by atoms with Crippen molar-refractivity contribution in [2.45, 2.75) is 38.8 Å². The third-order valence-corrected chi connectivity index (χ3v) is 5.00. The van der Waals surface area contributed by atoms with E-state index in [1.165, 1.54) is 10.5 Å². The van der Waals surface area contributed by atoms with Crippen LogP contribution >= 0.6 is 0 Å². The summed E-state index contributed by atoms with van der Waals surface area (Å²) in [5, 5.41) is 0. The fourth-order valence-corrected chi connectivity index (χ4v) is 3.37. The number of hydrogen-bond donors (Lipinski definition) is 0. The molecule has 1 fully saturated rings. The lowest BCUT2D eigenvalue weighted by molar-refractivity contribution is -0.155. The van der Waals surface area contributed by atoms with Crippen molar-refractivity contribution in [3.05, 3.63) is 71.3 Å². The van der Waals surface area contributed by atoms with Crippen LogP contribution in [0.25, 0.3) is 0 Å². The number of carbonyl (C=O) groups is 2. The minimum Gasteiger partial charge on any atom is -0.335 e. The quantitative estimate of drug-likeness (QED) is 0.831. The molecule has 1 aliphatic rings. The molecule has 0 radical (unpaired) electrons. The fourth-order valence-electron chi connectivity index (χ4n) is 3.37. The predicted octanol–water partition coefficient (Wildman–Crippen LogP) is 3.22. The lowest BCUT2D eigenvalue weighted by Gasteiger charge is -2.39. The molecule has 136 valence electrons. The topological polar surface area (TPSA) is 40.6 Å². The Morgan fingerprint density at radius 2 is 1.62 bits per heavy atom. The van der Waals surface area contributed by atoms with Gasteiger partial charge in [0, 0.05) is 20.0 Å². The standard InChI is InChI=1S/C22H26N2O2/c1-16(2)19-11-9-18(10-12-19)14-24-20(13-17-7-5-4-6-8-17)22(26)23(3)15-21(24)25/h4-12,16,20H,13-15H2,1-3H3/t20-/m0/s1. The number of hydrogen-bond acceptors (Lipinski definition) is 2. The zero-order chi connectivity index (χ0) is 18.7. The van der Waals surface area contributed by atoms with Crippen LogP contribution in [0.1, 0.15) is 36.5 Å². The van der Waals surface area contributed by atoms with E-state index in [0.29, 0.717) is 18.9 Å². The van der Waals surface area contributed by atoms with Crippen LogP contribution in [-0.2, 0) is 22.6 Å². The SMILES string of the molecule is CC(C)c1ccc(CN2C(=O)CN(C)C(=O)[C@@H]2Cc2ccccc2)cc1. The Labute approximate surface area is 155 Å². The van der Waals surface area contributed by atoms with E-state index in [2.05, 4.69) is 38.1 Å². The van der Waals surface area contributed by atoms with Gasteiger partial charge in [-0.25, -0.2) is 0 Å². The van der Waals surface area contributed by atoms with Crippen LogP contribution in [0.2, 0.25) is 0 Å². The summed E-state index contributed by atoms with van der Waals surface area (Å²) in [6.07, 6.45) is 0.541. The summed E-state index contributed by atoms with van der Waals surface area (Å²) >= 11 is 0. The Balaban J connectivity index is 1.83. The Morgan fingerprint density at radius 3 is 2.23 bits per heavy atom. The zero-order valence-electron chi connectivity index (χ0n) is 15.7. The average Bonchev–Trinajstić information content (AvgIpc) is 2.64. The van der Waals surface area contributed by atoms with Gasteiger partial charge in [0.2, 0.25) is 11.8 Å². The van der Waals surface area contributed by atoms with Crippen molar-refractivity contribution >= 4 is 11.8 Å². The molecule has 4 nitrogen and oxygen atoms in total. The van der Waals surface area contributed by atoms with Crippen molar-refractivity contribution in [2.24, 2.45) is 0 Å². The molecule has 1 saturated heterocycles. The molecule has 0 aliphatic carbocycles. The molecule has 1 atom stereocenters. The van der Waals surface area contributed by atoms with Crippen LogP contribution in [0.4, 0.5) is 0 Å². The molecule has 26 heavy (non-hydrogen) atoms. The highest BCUT2D eigenvalue weighted by Crippen LogP contribution is 2.21. The first-order valence-electron chi connectivity index (χ1n) is 9.13. The second-order valence-electron chi connectivity index (χ2n) is 7.32. The van der Waals surface area contributed by atoms with Crippen LogP contribution in [0.15, 0.2) is 54.6 Å². The molecule has 3 rings (SSSR count). The van der Waals surface area contributed by atoms with Crippen LogP contribution in [0.5, 0.6) is 0 Å². The third-order valence-electron chi connectivity index (χ3n) is 5.00. The predicted molar refractivity (Wildman–Crippen MR) is 103 cm³/mol. The molecule has 2 aromatic carbocycles. The smallest absolute Gasteiger partial charge is 0.245 e. The number of nitrogens with zero attached hydrogens (tertiary/aromatic N) is 2. The molecular weight excluding hydrogens is 324 g/mol. The molecule has 0 spiro atoms. The zero-order valence-corrected chi connectivity index (χ0v) is 15.7. The first kappa shape index (κ1) is 18.2. The van der Waals surface area contributed by atoms with Crippen LogP contribution in [-0.4, -0.2) is 41.2 Å². The van der Waals surface area contributed by atoms with Gasteiger partial charge >= 0.3 is 0 Å². The Hall–Kier alpha value is -2.62. The maximum Gasteiger partial charge on any atom is 0.245 e. The van der Waals surface area contributed by atoms with Crippen LogP contribution in [0.3, 0.4) is 0 Å². The summed E-state index contributed by atoms with van der Waals surface area (Å²) in [5.41, 5.74) is 3.39. The lowest BCUT2D eigenvalue weighted by atomic mass is 9.99. The molecule has 2 aromatic rings. The maximum absolute atomic E-state index is 12.8. The highest BCUT2D eigenvalue weighted by molar-refractivity contribution is 5.94. The number of likely N-dealkylation sites (N-methyl/N-ethyl adjacent to an activating group) is 1. The second-order valence-corrected chi connectivity index (χ2v) is 7.32. The summed E-state index contributed by atoms with van der Waals surface area (Å²) in [6, 6.07) is 17.8. The molecule has 0 aromatic heterocycles. The van der Waals surface area contributed by atoms with Crippen LogP contribution in [0, 0.1) is 0 Å². The number of benzene rings is 2. The fraction of sp³-hybridized carbons (Fsp3) is 0.364. The van der Waals surface area contributed by atoms with Gasteiger partial charge in [0.25, 0.3) is 0 Å². The van der Waals surface area contributed by atoms with Gasteiger partial charge < -0.3 is 9.80 Å². The van der Waals surface area contributed by atoms with E-state index in [9.17, 15) is 9.59 Å². The molecular formula is C22H26N2O2. The first-order valence-corrected chi connectivity index (χ1v) is 9.13. The molecule has 0 saturated carbocycles. The molecule has 0 unspecified atom stereocenters. The number of piperazine rings is 1. The van der Waals surface area contributed by atoms with Gasteiger partial charge in [0.1, 0.15) is 6.04 Å². The van der Waals surface area contributed by atoms with Crippen molar-refractivity contribution in [1.82, 2.24) is 9.80 Å². The average molecular weight is 350 g/mol. The molecule has 0 N–H and O–H groups in total. The van der Waals surface area contributed by atoms with Gasteiger partial charge in [-0.3, -0.25) is 9.59 Å². The summed E-state index contributed by atoms with van der Waals surface area (Å²) in [6.45, 7) is 4.93. The second kappa shape index (κ2) is 7.73. The van der Waals surface area contributed by atoms with Gasteiger partial charge in [0.15, 0.2) is 0 Å². The van der Waals surface area contributed by atoms with E-state index in [0.717, 1.165) is 11.1 Å². The summed E-state index contributed by atoms with van der Waals surface area (Å²) < 4.78 is 0.